The summed E-state index contributed by atoms with van der Waals surface area (Å²) in [5, 5.41) is 9.66. The average Bonchev–Trinajstić information content (AvgIpc) is 2.39. The molecule has 0 saturated carbocycles. The Morgan fingerprint density at radius 2 is 1.89 bits per heavy atom. The minimum Gasteiger partial charge on any atom is -0.488 e. The van der Waals surface area contributed by atoms with Crippen LogP contribution in [0, 0.1) is 11.3 Å². The van der Waals surface area contributed by atoms with Gasteiger partial charge in [0.25, 0.3) is 0 Å². The highest BCUT2D eigenvalue weighted by Crippen LogP contribution is 2.21. The highest BCUT2D eigenvalue weighted by molar-refractivity contribution is 6.30. The van der Waals surface area contributed by atoms with E-state index in [2.05, 4.69) is 6.07 Å². The zero-order chi connectivity index (χ0) is 13.0. The fourth-order valence-corrected chi connectivity index (χ4v) is 1.63. The van der Waals surface area contributed by atoms with Crippen molar-refractivity contribution in [1.29, 1.82) is 5.26 Å². The molecule has 0 aliphatic rings. The molecule has 4 heteroatoms. The fraction of sp³-hybridized carbons (Fsp3) is 0.0714. The molecule has 2 aromatic rings. The van der Waals surface area contributed by atoms with Crippen LogP contribution < -0.4 is 10.5 Å². The lowest BCUT2D eigenvalue weighted by Crippen LogP contribution is -1.98. The maximum Gasteiger partial charge on any atom is 0.137 e. The normalized spacial score (nSPS) is 9.78. The van der Waals surface area contributed by atoms with E-state index in [0.29, 0.717) is 28.6 Å². The van der Waals surface area contributed by atoms with Gasteiger partial charge in [-0.1, -0.05) is 23.7 Å². The minimum atomic E-state index is 0.385. The maximum absolute atomic E-state index is 8.97. The molecule has 0 amide bonds. The molecule has 0 atom stereocenters. The number of anilines is 1. The second-order valence-electron chi connectivity index (χ2n) is 3.78. The van der Waals surface area contributed by atoms with Crippen molar-refractivity contribution in [3.63, 3.8) is 0 Å². The summed E-state index contributed by atoms with van der Waals surface area (Å²) in [6.07, 6.45) is 0. The van der Waals surface area contributed by atoms with Gasteiger partial charge in [-0.25, -0.2) is 0 Å². The first-order valence-corrected chi connectivity index (χ1v) is 5.73. The van der Waals surface area contributed by atoms with E-state index in [0.717, 1.165) is 5.56 Å². The predicted molar refractivity (Wildman–Crippen MR) is 71.4 cm³/mol. The van der Waals surface area contributed by atoms with E-state index in [1.165, 1.54) is 0 Å². The van der Waals surface area contributed by atoms with Crippen molar-refractivity contribution in [1.82, 2.24) is 0 Å². The Kier molecular flexibility index (Phi) is 3.71. The van der Waals surface area contributed by atoms with Crippen molar-refractivity contribution in [2.75, 3.05) is 5.73 Å². The molecule has 2 aromatic carbocycles. The molecule has 0 unspecified atom stereocenters. The van der Waals surface area contributed by atoms with Crippen LogP contribution in [0.25, 0.3) is 0 Å². The molecule has 2 N–H and O–H groups in total. The van der Waals surface area contributed by atoms with E-state index in [1.807, 2.05) is 12.1 Å². The first-order valence-electron chi connectivity index (χ1n) is 5.36. The van der Waals surface area contributed by atoms with E-state index in [1.54, 1.807) is 30.3 Å². The Morgan fingerprint density at radius 1 is 1.17 bits per heavy atom. The predicted octanol–water partition coefficient (Wildman–Crippen LogP) is 3.37. The molecule has 0 aromatic heterocycles. The van der Waals surface area contributed by atoms with Gasteiger partial charge >= 0.3 is 0 Å². The average molecular weight is 259 g/mol. The molecular weight excluding hydrogens is 248 g/mol. The standard InChI is InChI=1S/C14H11ClN2O/c15-12-3-1-10(2-4-12)9-18-14-6-5-13(17)7-11(14)8-16/h1-7H,9,17H2. The van der Waals surface area contributed by atoms with Gasteiger partial charge in [-0.2, -0.15) is 5.26 Å². The Labute approximate surface area is 110 Å². The maximum atomic E-state index is 8.97. The van der Waals surface area contributed by atoms with Gasteiger partial charge < -0.3 is 10.5 Å². The SMILES string of the molecule is N#Cc1cc(N)ccc1OCc1ccc(Cl)cc1. The Bertz CT molecular complexity index is 588. The van der Waals surface area contributed by atoms with Gasteiger partial charge in [0, 0.05) is 10.7 Å². The molecular formula is C14H11ClN2O. The van der Waals surface area contributed by atoms with Crippen molar-refractivity contribution in [3.05, 3.63) is 58.6 Å². The lowest BCUT2D eigenvalue weighted by atomic mass is 10.2. The third-order valence-electron chi connectivity index (χ3n) is 2.43. The minimum absolute atomic E-state index is 0.385. The van der Waals surface area contributed by atoms with Gasteiger partial charge in [-0.3, -0.25) is 0 Å². The summed E-state index contributed by atoms with van der Waals surface area (Å²) in [4.78, 5) is 0. The van der Waals surface area contributed by atoms with Crippen molar-refractivity contribution < 1.29 is 4.74 Å². The van der Waals surface area contributed by atoms with E-state index < -0.39 is 0 Å². The van der Waals surface area contributed by atoms with Crippen LogP contribution in [0.1, 0.15) is 11.1 Å². The zero-order valence-electron chi connectivity index (χ0n) is 9.56. The summed E-state index contributed by atoms with van der Waals surface area (Å²) in [5.74, 6) is 0.529. The first-order chi connectivity index (χ1) is 8.69. The molecule has 3 nitrogen and oxygen atoms in total. The molecule has 18 heavy (non-hydrogen) atoms. The number of hydrogen-bond donors (Lipinski definition) is 1. The molecule has 0 bridgehead atoms. The molecule has 0 saturated heterocycles. The molecule has 0 aliphatic carbocycles. The second kappa shape index (κ2) is 5.44. The topological polar surface area (TPSA) is 59.0 Å². The molecule has 0 radical (unpaired) electrons. The van der Waals surface area contributed by atoms with E-state index in [9.17, 15) is 0 Å². The summed E-state index contributed by atoms with van der Waals surface area (Å²) in [6.45, 7) is 0.385. The Hall–Kier alpha value is -2.18. The van der Waals surface area contributed by atoms with Crippen LogP contribution in [0.5, 0.6) is 5.75 Å². The molecule has 90 valence electrons. The lowest BCUT2D eigenvalue weighted by molar-refractivity contribution is 0.305. The monoisotopic (exact) mass is 258 g/mol. The van der Waals surface area contributed by atoms with Crippen LogP contribution in [0.15, 0.2) is 42.5 Å². The lowest BCUT2D eigenvalue weighted by Gasteiger charge is -2.08. The van der Waals surface area contributed by atoms with Crippen LogP contribution in [0.3, 0.4) is 0 Å². The summed E-state index contributed by atoms with van der Waals surface area (Å²) in [5.41, 5.74) is 7.57. The number of nitrogens with two attached hydrogens (primary N) is 1. The van der Waals surface area contributed by atoms with Gasteiger partial charge in [0.1, 0.15) is 18.4 Å². The number of nitrogens with zero attached hydrogens (tertiary/aromatic N) is 1. The molecule has 2 rings (SSSR count). The smallest absolute Gasteiger partial charge is 0.137 e. The zero-order valence-corrected chi connectivity index (χ0v) is 10.3. The number of hydrogen-bond acceptors (Lipinski definition) is 3. The summed E-state index contributed by atoms with van der Waals surface area (Å²) < 4.78 is 5.59. The summed E-state index contributed by atoms with van der Waals surface area (Å²) in [7, 11) is 0. The molecule has 0 aliphatic heterocycles. The number of nitrogen functional groups attached to an aromatic ring is 1. The third kappa shape index (κ3) is 2.93. The summed E-state index contributed by atoms with van der Waals surface area (Å²) in [6, 6.07) is 14.4. The van der Waals surface area contributed by atoms with Gasteiger partial charge in [-0.05, 0) is 35.9 Å². The highest BCUT2D eigenvalue weighted by Gasteiger charge is 2.04. The highest BCUT2D eigenvalue weighted by atomic mass is 35.5. The van der Waals surface area contributed by atoms with Gasteiger partial charge in [-0.15, -0.1) is 0 Å². The number of rotatable bonds is 3. The molecule has 0 spiro atoms. The van der Waals surface area contributed by atoms with E-state index in [-0.39, 0.29) is 0 Å². The Balaban J connectivity index is 2.11. The second-order valence-corrected chi connectivity index (χ2v) is 4.22. The number of ether oxygens (including phenoxy) is 1. The number of nitriles is 1. The van der Waals surface area contributed by atoms with Gasteiger partial charge in [0.05, 0.1) is 5.56 Å². The molecule has 0 fully saturated rings. The van der Waals surface area contributed by atoms with Crippen LogP contribution >= 0.6 is 11.6 Å². The van der Waals surface area contributed by atoms with Crippen molar-refractivity contribution in [2.24, 2.45) is 0 Å². The summed E-state index contributed by atoms with van der Waals surface area (Å²) >= 11 is 5.80. The number of benzene rings is 2. The van der Waals surface area contributed by atoms with Gasteiger partial charge in [0.2, 0.25) is 0 Å². The van der Waals surface area contributed by atoms with Crippen molar-refractivity contribution in [2.45, 2.75) is 6.61 Å². The van der Waals surface area contributed by atoms with Crippen LogP contribution in [-0.4, -0.2) is 0 Å². The van der Waals surface area contributed by atoms with E-state index in [4.69, 9.17) is 27.3 Å². The number of halogens is 1. The quantitative estimate of drug-likeness (QED) is 0.859. The third-order valence-corrected chi connectivity index (χ3v) is 2.68. The Morgan fingerprint density at radius 3 is 2.56 bits per heavy atom. The van der Waals surface area contributed by atoms with Crippen LogP contribution in [0.4, 0.5) is 5.69 Å². The van der Waals surface area contributed by atoms with Crippen LogP contribution in [-0.2, 0) is 6.61 Å². The largest absolute Gasteiger partial charge is 0.488 e. The first kappa shape index (κ1) is 12.3. The van der Waals surface area contributed by atoms with Crippen molar-refractivity contribution >= 4 is 17.3 Å². The van der Waals surface area contributed by atoms with Crippen molar-refractivity contribution in [3.8, 4) is 11.8 Å². The molecule has 0 heterocycles. The van der Waals surface area contributed by atoms with Crippen LogP contribution in [0.2, 0.25) is 5.02 Å². The van der Waals surface area contributed by atoms with E-state index >= 15 is 0 Å². The fourth-order valence-electron chi connectivity index (χ4n) is 1.50. The van der Waals surface area contributed by atoms with Gasteiger partial charge in [0.15, 0.2) is 0 Å².